The summed E-state index contributed by atoms with van der Waals surface area (Å²) < 4.78 is 16.6. The van der Waals surface area contributed by atoms with E-state index in [1.807, 2.05) is 49.4 Å². The molecule has 6 nitrogen and oxygen atoms in total. The van der Waals surface area contributed by atoms with Crippen molar-refractivity contribution in [3.05, 3.63) is 71.1 Å². The van der Waals surface area contributed by atoms with Crippen LogP contribution in [-0.4, -0.2) is 36.0 Å². The summed E-state index contributed by atoms with van der Waals surface area (Å²) in [5.74, 6) is 0.276. The molecule has 1 aliphatic heterocycles. The summed E-state index contributed by atoms with van der Waals surface area (Å²) in [6.45, 7) is 4.09. The molecule has 0 atom stereocenters. The van der Waals surface area contributed by atoms with E-state index in [0.717, 1.165) is 22.0 Å². The highest BCUT2D eigenvalue weighted by atomic mass is 32.2. The second kappa shape index (κ2) is 10.7. The van der Waals surface area contributed by atoms with Gasteiger partial charge in [0.2, 0.25) is 0 Å². The molecule has 0 radical (unpaired) electrons. The van der Waals surface area contributed by atoms with Crippen molar-refractivity contribution >= 4 is 62.7 Å². The number of amides is 1. The van der Waals surface area contributed by atoms with Crippen LogP contribution in [0.5, 0.6) is 11.5 Å². The lowest BCUT2D eigenvalue weighted by Crippen LogP contribution is -2.27. The van der Waals surface area contributed by atoms with E-state index >= 15 is 0 Å². The Bertz CT molecular complexity index is 1280. The van der Waals surface area contributed by atoms with Crippen LogP contribution >= 0.6 is 24.0 Å². The Morgan fingerprint density at radius 2 is 1.79 bits per heavy atom. The topological polar surface area (TPSA) is 65.1 Å². The van der Waals surface area contributed by atoms with Gasteiger partial charge in [0.25, 0.3) is 5.91 Å². The number of hydrogen-bond acceptors (Lipinski definition) is 7. The molecular weight excluding hydrogens is 470 g/mol. The molecule has 3 aromatic carbocycles. The standard InChI is InChI=1S/C26H23NO5S2/c1-3-30-22-14-17(12-13-21(22)32-16-24(28)31-4-2)15-23-25(29)27(26(33)34-23)20-11-7-9-18-8-5-6-10-19(18)20/h5-15H,3-4,16H2,1-2H3/b23-15+. The molecule has 0 aromatic heterocycles. The number of fused-ring (bicyclic) bond motifs is 1. The van der Waals surface area contributed by atoms with Crippen molar-refractivity contribution in [1.29, 1.82) is 0 Å². The molecule has 4 rings (SSSR count). The fraction of sp³-hybridized carbons (Fsp3) is 0.192. The third-order valence-electron chi connectivity index (χ3n) is 5.02. The number of anilines is 1. The van der Waals surface area contributed by atoms with Crippen LogP contribution in [0.25, 0.3) is 16.8 Å². The minimum Gasteiger partial charge on any atom is -0.490 e. The van der Waals surface area contributed by atoms with Crippen molar-refractivity contribution < 1.29 is 23.8 Å². The highest BCUT2D eigenvalue weighted by Crippen LogP contribution is 2.39. The smallest absolute Gasteiger partial charge is 0.344 e. The summed E-state index contributed by atoms with van der Waals surface area (Å²) in [6, 6.07) is 19.0. The van der Waals surface area contributed by atoms with Gasteiger partial charge in [-0.25, -0.2) is 4.79 Å². The molecule has 174 valence electrons. The Labute approximate surface area is 207 Å². The van der Waals surface area contributed by atoms with E-state index in [0.29, 0.717) is 27.3 Å². The minimum atomic E-state index is -0.453. The molecule has 0 N–H and O–H groups in total. The number of ether oxygens (including phenoxy) is 3. The number of carbonyl (C=O) groups excluding carboxylic acids is 2. The molecule has 8 heteroatoms. The monoisotopic (exact) mass is 493 g/mol. The van der Waals surface area contributed by atoms with Gasteiger partial charge in [0.1, 0.15) is 0 Å². The molecule has 0 aliphatic carbocycles. The Morgan fingerprint density at radius 3 is 2.59 bits per heavy atom. The van der Waals surface area contributed by atoms with Crippen molar-refractivity contribution in [3.63, 3.8) is 0 Å². The van der Waals surface area contributed by atoms with E-state index in [4.69, 9.17) is 26.4 Å². The van der Waals surface area contributed by atoms with Gasteiger partial charge in [-0.3, -0.25) is 9.69 Å². The average Bonchev–Trinajstić information content (AvgIpc) is 3.11. The van der Waals surface area contributed by atoms with Crippen LogP contribution in [-0.2, 0) is 14.3 Å². The first-order valence-corrected chi connectivity index (χ1v) is 12.0. The van der Waals surface area contributed by atoms with Crippen LogP contribution in [0.15, 0.2) is 65.6 Å². The Balaban J connectivity index is 1.60. The number of rotatable bonds is 8. The first kappa shape index (κ1) is 23.8. The number of hydrogen-bond donors (Lipinski definition) is 0. The van der Waals surface area contributed by atoms with Crippen LogP contribution in [0.1, 0.15) is 19.4 Å². The maximum absolute atomic E-state index is 13.3. The van der Waals surface area contributed by atoms with Crippen LogP contribution in [0.3, 0.4) is 0 Å². The number of esters is 1. The number of carbonyl (C=O) groups is 2. The number of benzene rings is 3. The van der Waals surface area contributed by atoms with Crippen LogP contribution < -0.4 is 14.4 Å². The van der Waals surface area contributed by atoms with E-state index in [1.165, 1.54) is 11.8 Å². The molecule has 3 aromatic rings. The third kappa shape index (κ3) is 5.08. The van der Waals surface area contributed by atoms with E-state index in [2.05, 4.69) is 0 Å². The molecular formula is C26H23NO5S2. The fourth-order valence-electron chi connectivity index (χ4n) is 3.57. The van der Waals surface area contributed by atoms with E-state index in [-0.39, 0.29) is 19.1 Å². The average molecular weight is 494 g/mol. The lowest BCUT2D eigenvalue weighted by molar-refractivity contribution is -0.145. The molecule has 0 saturated carbocycles. The summed E-state index contributed by atoms with van der Waals surface area (Å²) in [5, 5.41) is 2.00. The largest absolute Gasteiger partial charge is 0.490 e. The van der Waals surface area contributed by atoms with Gasteiger partial charge in [-0.05, 0) is 49.1 Å². The number of thiocarbonyl (C=S) groups is 1. The predicted octanol–water partition coefficient (Wildman–Crippen LogP) is 5.59. The van der Waals surface area contributed by atoms with Crippen LogP contribution in [0.4, 0.5) is 5.69 Å². The lowest BCUT2D eigenvalue weighted by Gasteiger charge is -2.17. The van der Waals surface area contributed by atoms with Gasteiger partial charge in [0.15, 0.2) is 22.4 Å². The lowest BCUT2D eigenvalue weighted by atomic mass is 10.1. The quantitative estimate of drug-likeness (QED) is 0.230. The Morgan fingerprint density at radius 1 is 1.00 bits per heavy atom. The zero-order valence-corrected chi connectivity index (χ0v) is 20.4. The van der Waals surface area contributed by atoms with Crippen LogP contribution in [0.2, 0.25) is 0 Å². The summed E-state index contributed by atoms with van der Waals surface area (Å²) >= 11 is 6.82. The van der Waals surface area contributed by atoms with Gasteiger partial charge in [-0.2, -0.15) is 0 Å². The summed E-state index contributed by atoms with van der Waals surface area (Å²) in [4.78, 5) is 27.0. The predicted molar refractivity (Wildman–Crippen MR) is 139 cm³/mol. The molecule has 1 aliphatic rings. The fourth-order valence-corrected chi connectivity index (χ4v) is 4.86. The molecule has 0 unspecified atom stereocenters. The summed E-state index contributed by atoms with van der Waals surface area (Å²) in [7, 11) is 0. The molecule has 34 heavy (non-hydrogen) atoms. The van der Waals surface area contributed by atoms with E-state index < -0.39 is 5.97 Å². The van der Waals surface area contributed by atoms with Gasteiger partial charge in [-0.15, -0.1) is 0 Å². The zero-order valence-electron chi connectivity index (χ0n) is 18.8. The number of nitrogens with zero attached hydrogens (tertiary/aromatic N) is 1. The highest BCUT2D eigenvalue weighted by Gasteiger charge is 2.34. The van der Waals surface area contributed by atoms with Gasteiger partial charge >= 0.3 is 5.97 Å². The van der Waals surface area contributed by atoms with Crippen LogP contribution in [0, 0.1) is 0 Å². The van der Waals surface area contributed by atoms with Gasteiger partial charge in [0.05, 0.1) is 23.8 Å². The first-order chi connectivity index (χ1) is 16.5. The van der Waals surface area contributed by atoms with Crippen molar-refractivity contribution in [1.82, 2.24) is 0 Å². The second-order valence-electron chi connectivity index (χ2n) is 7.25. The molecule has 1 saturated heterocycles. The third-order valence-corrected chi connectivity index (χ3v) is 6.32. The minimum absolute atomic E-state index is 0.174. The Kier molecular flexibility index (Phi) is 7.49. The summed E-state index contributed by atoms with van der Waals surface area (Å²) in [5.41, 5.74) is 1.52. The molecule has 1 amide bonds. The highest BCUT2D eigenvalue weighted by molar-refractivity contribution is 8.27. The van der Waals surface area contributed by atoms with E-state index in [9.17, 15) is 9.59 Å². The second-order valence-corrected chi connectivity index (χ2v) is 8.92. The van der Waals surface area contributed by atoms with Crippen molar-refractivity contribution in [2.24, 2.45) is 0 Å². The molecule has 0 spiro atoms. The maximum Gasteiger partial charge on any atom is 0.344 e. The maximum atomic E-state index is 13.3. The van der Waals surface area contributed by atoms with Crippen molar-refractivity contribution in [2.75, 3.05) is 24.7 Å². The van der Waals surface area contributed by atoms with Gasteiger partial charge < -0.3 is 14.2 Å². The van der Waals surface area contributed by atoms with Crippen molar-refractivity contribution in [3.8, 4) is 11.5 Å². The molecule has 1 fully saturated rings. The van der Waals surface area contributed by atoms with E-state index in [1.54, 1.807) is 36.1 Å². The van der Waals surface area contributed by atoms with Gasteiger partial charge in [-0.1, -0.05) is 66.4 Å². The summed E-state index contributed by atoms with van der Waals surface area (Å²) in [6.07, 6.45) is 1.78. The van der Waals surface area contributed by atoms with Crippen molar-refractivity contribution in [2.45, 2.75) is 13.8 Å². The Hall–Kier alpha value is -3.36. The SMILES string of the molecule is CCOC(=O)COc1ccc(/C=C2/SC(=S)N(c3cccc4ccccc34)C2=O)cc1OCC. The molecule has 1 heterocycles. The normalized spacial score (nSPS) is 14.6. The number of thioether (sulfide) groups is 1. The molecule has 0 bridgehead atoms. The van der Waals surface area contributed by atoms with Gasteiger partial charge in [0, 0.05) is 5.39 Å². The zero-order chi connectivity index (χ0) is 24.1. The first-order valence-electron chi connectivity index (χ1n) is 10.8.